The van der Waals surface area contributed by atoms with Crippen molar-refractivity contribution in [3.8, 4) is 0 Å². The fraction of sp³-hybridized carbons (Fsp3) is 0.308. The maximum absolute atomic E-state index is 14.6. The van der Waals surface area contributed by atoms with Crippen LogP contribution in [0.1, 0.15) is 31.0 Å². The predicted molar refractivity (Wildman–Crippen MR) is 144 cm³/mol. The first-order valence-corrected chi connectivity index (χ1v) is 12.8. The molecule has 0 aromatic heterocycles. The van der Waals surface area contributed by atoms with E-state index in [9.17, 15) is 41.1 Å². The number of rotatable bonds is 11. The normalized spacial score (nSPS) is 13.5. The topological polar surface area (TPSA) is 104 Å². The van der Waals surface area contributed by atoms with Crippen molar-refractivity contribution in [3.63, 3.8) is 0 Å². The molecular formula is C26H23Cl3F5N3O4. The number of hydrogen-bond acceptors (Lipinski definition) is 4. The van der Waals surface area contributed by atoms with Gasteiger partial charge in [-0.1, -0.05) is 60.8 Å². The first kappa shape index (κ1) is 34.0. The molecule has 2 rings (SSSR count). The molecular weight excluding hydrogens is 620 g/mol. The van der Waals surface area contributed by atoms with Gasteiger partial charge in [0, 0.05) is 21.1 Å². The summed E-state index contributed by atoms with van der Waals surface area (Å²) < 4.78 is 66.2. The van der Waals surface area contributed by atoms with Gasteiger partial charge in [0.05, 0.1) is 6.04 Å². The number of carbonyl (C=O) groups is 4. The highest BCUT2D eigenvalue weighted by Crippen LogP contribution is 2.24. The number of ketones is 1. The summed E-state index contributed by atoms with van der Waals surface area (Å²) in [4.78, 5) is 50.3. The van der Waals surface area contributed by atoms with Crippen LogP contribution in [-0.4, -0.2) is 48.2 Å². The van der Waals surface area contributed by atoms with Crippen LogP contribution in [0.5, 0.6) is 0 Å². The van der Waals surface area contributed by atoms with E-state index in [1.54, 1.807) is 0 Å². The second-order valence-electron chi connectivity index (χ2n) is 9.00. The van der Waals surface area contributed by atoms with Crippen molar-refractivity contribution < 1.29 is 41.1 Å². The van der Waals surface area contributed by atoms with Crippen molar-refractivity contribution in [2.24, 2.45) is 5.92 Å². The molecule has 3 N–H and O–H groups in total. The Morgan fingerprint density at radius 2 is 1.41 bits per heavy atom. The molecule has 7 nitrogen and oxygen atoms in total. The van der Waals surface area contributed by atoms with E-state index in [4.69, 9.17) is 34.8 Å². The van der Waals surface area contributed by atoms with Gasteiger partial charge in [-0.25, -0.2) is 0 Å². The molecule has 2 aromatic rings. The minimum absolute atomic E-state index is 0.143. The number of halogens is 8. The number of hydrogen-bond donors (Lipinski definition) is 3. The van der Waals surface area contributed by atoms with E-state index in [1.807, 2.05) is 0 Å². The Morgan fingerprint density at radius 3 is 1.93 bits per heavy atom. The zero-order chi connectivity index (χ0) is 31.1. The molecule has 0 fully saturated rings. The molecule has 2 atom stereocenters. The lowest BCUT2D eigenvalue weighted by atomic mass is 9.94. The van der Waals surface area contributed by atoms with E-state index in [2.05, 4.69) is 10.6 Å². The standard InChI is InChI=1S/C26H23Cl3F5N3O4/c1-13(2)20(22(39)26(33,34)24(41)35-12-25(30,31)32)37-23(40)21(15-4-6-16(27)7-5-15)36-19(38)8-3-14-9-17(28)11-18(29)10-14/h3-11,13,20-21H,12H2,1-2H3,(H,35,41)(H,36,38)(H,37,40)/b8-3+. The summed E-state index contributed by atoms with van der Waals surface area (Å²) in [7, 11) is 0. The van der Waals surface area contributed by atoms with Crippen molar-refractivity contribution in [2.75, 3.05) is 6.54 Å². The summed E-state index contributed by atoms with van der Waals surface area (Å²) in [6.45, 7) is 0.440. The lowest BCUT2D eigenvalue weighted by molar-refractivity contribution is -0.165. The largest absolute Gasteiger partial charge is 0.405 e. The van der Waals surface area contributed by atoms with E-state index >= 15 is 0 Å². The van der Waals surface area contributed by atoms with Gasteiger partial charge in [-0.15, -0.1) is 0 Å². The Bertz CT molecular complexity index is 1300. The van der Waals surface area contributed by atoms with Crippen LogP contribution in [0.25, 0.3) is 6.08 Å². The van der Waals surface area contributed by atoms with Gasteiger partial charge in [0.2, 0.25) is 17.6 Å². The molecule has 15 heteroatoms. The number of benzene rings is 2. The highest BCUT2D eigenvalue weighted by Gasteiger charge is 2.52. The van der Waals surface area contributed by atoms with E-state index in [1.165, 1.54) is 62.4 Å². The second kappa shape index (κ2) is 14.1. The monoisotopic (exact) mass is 641 g/mol. The number of Topliss-reactive ketones (excluding diaryl/α,β-unsaturated/α-hetero) is 1. The Kier molecular flexibility index (Phi) is 11.7. The van der Waals surface area contributed by atoms with E-state index < -0.39 is 60.1 Å². The molecule has 41 heavy (non-hydrogen) atoms. The first-order chi connectivity index (χ1) is 18.9. The van der Waals surface area contributed by atoms with Gasteiger partial charge < -0.3 is 16.0 Å². The van der Waals surface area contributed by atoms with Crippen LogP contribution in [-0.2, 0) is 19.2 Å². The van der Waals surface area contributed by atoms with Gasteiger partial charge in [0.1, 0.15) is 12.6 Å². The highest BCUT2D eigenvalue weighted by molar-refractivity contribution is 6.34. The van der Waals surface area contributed by atoms with Crippen LogP contribution in [0.2, 0.25) is 15.1 Å². The molecule has 0 heterocycles. The maximum Gasteiger partial charge on any atom is 0.405 e. The van der Waals surface area contributed by atoms with Crippen LogP contribution in [0.4, 0.5) is 22.0 Å². The summed E-state index contributed by atoms with van der Waals surface area (Å²) in [5.41, 5.74) is 0.589. The molecule has 0 aliphatic heterocycles. The van der Waals surface area contributed by atoms with Crippen molar-refractivity contribution in [2.45, 2.75) is 38.0 Å². The third kappa shape index (κ3) is 10.3. The summed E-state index contributed by atoms with van der Waals surface area (Å²) >= 11 is 17.8. The zero-order valence-corrected chi connectivity index (χ0v) is 23.6. The molecule has 0 bridgehead atoms. The molecule has 2 aromatic carbocycles. The van der Waals surface area contributed by atoms with E-state index in [0.29, 0.717) is 15.6 Å². The Hall–Kier alpha value is -3.22. The quantitative estimate of drug-likeness (QED) is 0.170. The van der Waals surface area contributed by atoms with Crippen molar-refractivity contribution >= 4 is 64.4 Å². The number of nitrogens with one attached hydrogen (secondary N) is 3. The minimum atomic E-state index is -5.00. The maximum atomic E-state index is 14.6. The fourth-order valence-corrected chi connectivity index (χ4v) is 4.03. The zero-order valence-electron chi connectivity index (χ0n) is 21.3. The van der Waals surface area contributed by atoms with Crippen LogP contribution in [0, 0.1) is 5.92 Å². The molecule has 0 radical (unpaired) electrons. The average molecular weight is 643 g/mol. The van der Waals surface area contributed by atoms with Gasteiger partial charge in [-0.3, -0.25) is 19.2 Å². The Morgan fingerprint density at radius 1 is 0.854 bits per heavy atom. The van der Waals surface area contributed by atoms with Gasteiger partial charge in [0.15, 0.2) is 0 Å². The summed E-state index contributed by atoms with van der Waals surface area (Å²) in [5.74, 6) is -12.5. The van der Waals surface area contributed by atoms with Crippen molar-refractivity contribution in [3.05, 3.63) is 74.7 Å². The van der Waals surface area contributed by atoms with Crippen molar-refractivity contribution in [1.29, 1.82) is 0 Å². The lowest BCUT2D eigenvalue weighted by Crippen LogP contribution is -2.58. The summed E-state index contributed by atoms with van der Waals surface area (Å²) in [5, 5.41) is 6.29. The van der Waals surface area contributed by atoms with Crippen LogP contribution < -0.4 is 16.0 Å². The van der Waals surface area contributed by atoms with Crippen LogP contribution in [0.3, 0.4) is 0 Å². The molecule has 2 unspecified atom stereocenters. The molecule has 0 saturated carbocycles. The highest BCUT2D eigenvalue weighted by atomic mass is 35.5. The summed E-state index contributed by atoms with van der Waals surface area (Å²) in [6.07, 6.45) is -2.62. The molecule has 0 saturated heterocycles. The van der Waals surface area contributed by atoms with Gasteiger partial charge in [-0.05, 0) is 53.5 Å². The second-order valence-corrected chi connectivity index (χ2v) is 10.3. The number of amides is 3. The van der Waals surface area contributed by atoms with Gasteiger partial charge >= 0.3 is 12.1 Å². The molecule has 0 aliphatic rings. The average Bonchev–Trinajstić information content (AvgIpc) is 2.86. The Labute approximate surface area is 246 Å². The van der Waals surface area contributed by atoms with E-state index in [0.717, 1.165) is 11.4 Å². The smallest absolute Gasteiger partial charge is 0.344 e. The van der Waals surface area contributed by atoms with Gasteiger partial charge in [-0.2, -0.15) is 22.0 Å². The minimum Gasteiger partial charge on any atom is -0.344 e. The molecule has 222 valence electrons. The fourth-order valence-electron chi connectivity index (χ4n) is 3.36. The Balaban J connectivity index is 2.30. The molecule has 0 aliphatic carbocycles. The molecule has 0 spiro atoms. The van der Waals surface area contributed by atoms with Crippen LogP contribution in [0.15, 0.2) is 48.5 Å². The molecule has 3 amide bonds. The van der Waals surface area contributed by atoms with Crippen LogP contribution >= 0.6 is 34.8 Å². The summed E-state index contributed by atoms with van der Waals surface area (Å²) in [6, 6.07) is 6.40. The van der Waals surface area contributed by atoms with Crippen molar-refractivity contribution in [1.82, 2.24) is 16.0 Å². The predicted octanol–water partition coefficient (Wildman–Crippen LogP) is 5.54. The first-order valence-electron chi connectivity index (χ1n) is 11.7. The number of carbonyl (C=O) groups excluding carboxylic acids is 4. The number of alkyl halides is 5. The SMILES string of the molecule is CC(C)C(NC(=O)C(NC(=O)/C=C/c1cc(Cl)cc(Cl)c1)c1ccc(Cl)cc1)C(=O)C(F)(F)C(=O)NCC(F)(F)F. The third-order valence-corrected chi connectivity index (χ3v) is 6.04. The third-order valence-electron chi connectivity index (χ3n) is 5.36. The van der Waals surface area contributed by atoms with Gasteiger partial charge in [0.25, 0.3) is 5.91 Å². The van der Waals surface area contributed by atoms with E-state index in [-0.39, 0.29) is 10.6 Å². The lowest BCUT2D eigenvalue weighted by Gasteiger charge is -2.27.